The molecule has 1 heterocycles. The minimum absolute atomic E-state index is 0. The summed E-state index contributed by atoms with van der Waals surface area (Å²) in [6, 6.07) is 8.35. The second-order valence-electron chi connectivity index (χ2n) is 5.73. The van der Waals surface area contributed by atoms with Crippen LogP contribution >= 0.6 is 11.6 Å². The average molecular weight is 529 g/mol. The molecule has 2 radical (unpaired) electrons. The number of anilines is 1. The number of fused-ring (bicyclic) bond motifs is 1. The van der Waals surface area contributed by atoms with Gasteiger partial charge in [-0.1, -0.05) is 25.4 Å². The van der Waals surface area contributed by atoms with E-state index in [4.69, 9.17) is 11.6 Å². The summed E-state index contributed by atoms with van der Waals surface area (Å²) >= 11 is 6.04. The van der Waals surface area contributed by atoms with Gasteiger partial charge in [-0.05, 0) is 63.7 Å². The van der Waals surface area contributed by atoms with E-state index in [-0.39, 0.29) is 27.3 Å². The number of nitrogens with one attached hydrogen (secondary N) is 1. The van der Waals surface area contributed by atoms with Crippen molar-refractivity contribution < 1.29 is 0 Å². The summed E-state index contributed by atoms with van der Waals surface area (Å²) in [5, 5.41) is 5.47. The summed E-state index contributed by atoms with van der Waals surface area (Å²) < 4.78 is 0. The number of benzene rings is 1. The van der Waals surface area contributed by atoms with Gasteiger partial charge in [-0.3, -0.25) is 4.98 Å². The fraction of sp³-hybridized carbons (Fsp3) is 0.500. The fourth-order valence-electron chi connectivity index (χ4n) is 2.75. The predicted molar refractivity (Wildman–Crippen MR) is 105 cm³/mol. The normalized spacial score (nSPS) is 12.2. The summed E-state index contributed by atoms with van der Waals surface area (Å²) in [5.74, 6) is 0. The first-order valence-electron chi connectivity index (χ1n) is 8.17. The molecule has 1 unspecified atom stereocenters. The molecule has 126 valence electrons. The molecule has 1 atom stereocenters. The zero-order valence-electron chi connectivity index (χ0n) is 14.5. The quantitative estimate of drug-likeness (QED) is 0.527. The number of pyridine rings is 1. The van der Waals surface area contributed by atoms with Crippen molar-refractivity contribution in [2.45, 2.75) is 39.7 Å². The van der Waals surface area contributed by atoms with Crippen LogP contribution in [0, 0.1) is 0 Å². The molecule has 0 spiro atoms. The molecule has 0 fully saturated rings. The van der Waals surface area contributed by atoms with Gasteiger partial charge >= 0.3 is 27.3 Å². The minimum atomic E-state index is 0. The van der Waals surface area contributed by atoms with E-state index >= 15 is 0 Å². The Morgan fingerprint density at radius 3 is 2.65 bits per heavy atom. The van der Waals surface area contributed by atoms with Crippen molar-refractivity contribution in [3.05, 3.63) is 35.5 Å². The summed E-state index contributed by atoms with van der Waals surface area (Å²) in [5.41, 5.74) is 2.07. The molecule has 1 aromatic heterocycles. The second-order valence-corrected chi connectivity index (χ2v) is 6.17. The zero-order chi connectivity index (χ0) is 15.9. The van der Waals surface area contributed by atoms with Crippen molar-refractivity contribution in [3.63, 3.8) is 0 Å². The third-order valence-electron chi connectivity index (χ3n) is 4.11. The van der Waals surface area contributed by atoms with Crippen molar-refractivity contribution in [2.24, 2.45) is 0 Å². The van der Waals surface area contributed by atoms with Crippen LogP contribution in [0.15, 0.2) is 30.5 Å². The Morgan fingerprint density at radius 2 is 1.96 bits per heavy atom. The molecular formula is C18H28ClN3Pb. The van der Waals surface area contributed by atoms with E-state index in [2.05, 4.69) is 36.0 Å². The van der Waals surface area contributed by atoms with Crippen molar-refractivity contribution in [3.8, 4) is 0 Å². The van der Waals surface area contributed by atoms with E-state index in [1.165, 1.54) is 13.0 Å². The molecule has 2 aromatic rings. The Kier molecular flexibility index (Phi) is 9.39. The van der Waals surface area contributed by atoms with Gasteiger partial charge in [-0.2, -0.15) is 0 Å². The monoisotopic (exact) mass is 529 g/mol. The molecule has 0 aliphatic rings. The van der Waals surface area contributed by atoms with Gasteiger partial charge < -0.3 is 10.2 Å². The Hall–Kier alpha value is -0.398. The molecule has 1 aromatic carbocycles. The number of aromatic nitrogens is 1. The molecule has 5 heteroatoms. The Morgan fingerprint density at radius 1 is 1.22 bits per heavy atom. The second kappa shape index (κ2) is 10.5. The van der Waals surface area contributed by atoms with Gasteiger partial charge in [-0.25, -0.2) is 0 Å². The molecule has 0 aliphatic carbocycles. The molecule has 2 rings (SSSR count). The molecule has 23 heavy (non-hydrogen) atoms. The number of rotatable bonds is 8. The van der Waals surface area contributed by atoms with Crippen LogP contribution in [0.2, 0.25) is 5.02 Å². The SMILES string of the molecule is CCN(CC)CCCC(C)Nc1ccnc2cc(Cl)ccc12.[PbH2]. The Balaban J connectivity index is 0.00000264. The van der Waals surface area contributed by atoms with Crippen LogP contribution in [0.3, 0.4) is 0 Å². The van der Waals surface area contributed by atoms with Crippen LogP contribution in [0.5, 0.6) is 0 Å². The Bertz CT molecular complexity index is 602. The van der Waals surface area contributed by atoms with Crippen LogP contribution in [-0.4, -0.2) is 62.9 Å². The van der Waals surface area contributed by atoms with Gasteiger partial charge in [-0.15, -0.1) is 0 Å². The van der Waals surface area contributed by atoms with Gasteiger partial charge in [0.2, 0.25) is 0 Å². The number of nitrogens with zero attached hydrogens (tertiary/aromatic N) is 2. The topological polar surface area (TPSA) is 28.2 Å². The molecular weight excluding hydrogens is 501 g/mol. The first-order valence-corrected chi connectivity index (χ1v) is 8.55. The van der Waals surface area contributed by atoms with Crippen molar-refractivity contribution >= 4 is 55.5 Å². The van der Waals surface area contributed by atoms with Crippen LogP contribution in [0.4, 0.5) is 5.69 Å². The van der Waals surface area contributed by atoms with Crippen LogP contribution in [0.1, 0.15) is 33.6 Å². The van der Waals surface area contributed by atoms with Gasteiger partial charge in [0.25, 0.3) is 0 Å². The maximum absolute atomic E-state index is 6.04. The molecule has 1 N–H and O–H groups in total. The maximum atomic E-state index is 6.04. The number of hydrogen-bond donors (Lipinski definition) is 1. The van der Waals surface area contributed by atoms with Gasteiger partial charge in [0.15, 0.2) is 0 Å². The summed E-state index contributed by atoms with van der Waals surface area (Å²) in [6.45, 7) is 10.1. The van der Waals surface area contributed by atoms with E-state index < -0.39 is 0 Å². The molecule has 0 amide bonds. The molecule has 0 aliphatic heterocycles. The molecule has 0 saturated heterocycles. The van der Waals surface area contributed by atoms with Crippen LogP contribution in [0.25, 0.3) is 10.9 Å². The van der Waals surface area contributed by atoms with Gasteiger partial charge in [0, 0.05) is 28.3 Å². The van der Waals surface area contributed by atoms with Crippen molar-refractivity contribution in [1.29, 1.82) is 0 Å². The Labute approximate surface area is 165 Å². The van der Waals surface area contributed by atoms with Crippen molar-refractivity contribution in [1.82, 2.24) is 9.88 Å². The first-order chi connectivity index (χ1) is 10.6. The molecule has 3 nitrogen and oxygen atoms in total. The van der Waals surface area contributed by atoms with Crippen molar-refractivity contribution in [2.75, 3.05) is 25.0 Å². The summed E-state index contributed by atoms with van der Waals surface area (Å²) in [4.78, 5) is 6.86. The van der Waals surface area contributed by atoms with Gasteiger partial charge in [0.05, 0.1) is 5.52 Å². The summed E-state index contributed by atoms with van der Waals surface area (Å²) in [7, 11) is 0. The van der Waals surface area contributed by atoms with E-state index in [1.54, 1.807) is 0 Å². The molecule has 0 bridgehead atoms. The van der Waals surface area contributed by atoms with E-state index in [0.29, 0.717) is 6.04 Å². The third kappa shape index (κ3) is 6.20. The van der Waals surface area contributed by atoms with Crippen LogP contribution < -0.4 is 5.32 Å². The standard InChI is InChI=1S/C18H26ClN3.Pb.2H/c1-4-22(5-2)12-6-7-14(3)21-17-10-11-20-18-13-15(19)8-9-16(17)18;;;/h8-11,13-14H,4-7,12H2,1-3H3,(H,20,21);;;. The predicted octanol–water partition coefficient (Wildman–Crippen LogP) is 3.89. The fourth-order valence-corrected chi connectivity index (χ4v) is 2.91. The number of halogens is 1. The average Bonchev–Trinajstić information content (AvgIpc) is 2.51. The van der Waals surface area contributed by atoms with E-state index in [1.807, 2.05) is 30.5 Å². The third-order valence-corrected chi connectivity index (χ3v) is 4.35. The molecule has 0 saturated carbocycles. The first kappa shape index (κ1) is 20.6. The zero-order valence-corrected chi connectivity index (χ0v) is 20.7. The van der Waals surface area contributed by atoms with Crippen LogP contribution in [-0.2, 0) is 0 Å². The van der Waals surface area contributed by atoms with E-state index in [9.17, 15) is 0 Å². The van der Waals surface area contributed by atoms with Gasteiger partial charge in [0.1, 0.15) is 0 Å². The van der Waals surface area contributed by atoms with E-state index in [0.717, 1.165) is 41.1 Å². The number of hydrogen-bond acceptors (Lipinski definition) is 3. The summed E-state index contributed by atoms with van der Waals surface area (Å²) in [6.07, 6.45) is 4.21.